The summed E-state index contributed by atoms with van der Waals surface area (Å²) in [7, 11) is 0. The van der Waals surface area contributed by atoms with E-state index in [9.17, 15) is 10.0 Å². The summed E-state index contributed by atoms with van der Waals surface area (Å²) >= 11 is 0. The number of hydroxylamine groups is 2. The van der Waals surface area contributed by atoms with E-state index in [2.05, 4.69) is 0 Å². The van der Waals surface area contributed by atoms with Crippen molar-refractivity contribution in [1.29, 1.82) is 0 Å². The number of carbonyl (C=O) groups excluding carboxylic acids is 1. The molecule has 0 amide bonds. The molecule has 20 heavy (non-hydrogen) atoms. The molecular formula is C16H23NO3. The molecule has 1 heterocycles. The molecular weight excluding hydrogens is 254 g/mol. The molecule has 0 aromatic heterocycles. The van der Waals surface area contributed by atoms with Crippen LogP contribution in [-0.2, 0) is 4.79 Å². The third kappa shape index (κ3) is 3.02. The first kappa shape index (κ1) is 15.0. The van der Waals surface area contributed by atoms with Gasteiger partial charge in [-0.1, -0.05) is 18.2 Å². The SMILES string of the molecule is CC1(C)CC(C(=O)Oc2ccccc2)CC(C)(C)N1O. The molecule has 1 aliphatic rings. The van der Waals surface area contributed by atoms with Crippen molar-refractivity contribution < 1.29 is 14.7 Å². The maximum absolute atomic E-state index is 12.3. The number of benzene rings is 1. The van der Waals surface area contributed by atoms with E-state index in [0.717, 1.165) is 0 Å². The molecule has 0 aliphatic carbocycles. The average Bonchev–Trinajstić information content (AvgIpc) is 2.36. The third-order valence-corrected chi connectivity index (χ3v) is 3.93. The maximum atomic E-state index is 12.3. The minimum Gasteiger partial charge on any atom is -0.426 e. The van der Waals surface area contributed by atoms with Crippen LogP contribution in [0.2, 0.25) is 0 Å². The van der Waals surface area contributed by atoms with Crippen LogP contribution >= 0.6 is 0 Å². The molecule has 1 aromatic rings. The Morgan fingerprint density at radius 1 is 1.15 bits per heavy atom. The second kappa shape index (κ2) is 5.19. The van der Waals surface area contributed by atoms with Crippen LogP contribution in [0.5, 0.6) is 5.75 Å². The number of nitrogens with zero attached hydrogens (tertiary/aromatic N) is 1. The van der Waals surface area contributed by atoms with Gasteiger partial charge < -0.3 is 9.94 Å². The molecule has 0 unspecified atom stereocenters. The highest BCUT2D eigenvalue weighted by Crippen LogP contribution is 2.40. The lowest BCUT2D eigenvalue weighted by atomic mass is 9.75. The standard InChI is InChI=1S/C16H23NO3/c1-15(2)10-12(11-16(3,4)17(15)19)14(18)20-13-8-6-5-7-9-13/h5-9,12,19H,10-11H2,1-4H3. The molecule has 0 saturated carbocycles. The average molecular weight is 277 g/mol. The number of rotatable bonds is 2. The van der Waals surface area contributed by atoms with Crippen LogP contribution in [0.15, 0.2) is 30.3 Å². The Morgan fingerprint density at radius 2 is 1.65 bits per heavy atom. The summed E-state index contributed by atoms with van der Waals surface area (Å²) in [5.74, 6) is 0.147. The van der Waals surface area contributed by atoms with E-state index in [-0.39, 0.29) is 11.9 Å². The van der Waals surface area contributed by atoms with Gasteiger partial charge in [-0.15, -0.1) is 0 Å². The molecule has 1 saturated heterocycles. The molecule has 2 rings (SSSR count). The molecule has 0 spiro atoms. The summed E-state index contributed by atoms with van der Waals surface area (Å²) in [5.41, 5.74) is -0.885. The minimum atomic E-state index is -0.442. The number of hydrogen-bond donors (Lipinski definition) is 1. The minimum absolute atomic E-state index is 0.205. The van der Waals surface area contributed by atoms with Gasteiger partial charge >= 0.3 is 5.97 Å². The summed E-state index contributed by atoms with van der Waals surface area (Å²) in [6, 6.07) is 9.11. The molecule has 1 N–H and O–H groups in total. The number of ether oxygens (including phenoxy) is 1. The summed E-state index contributed by atoms with van der Waals surface area (Å²) in [6.07, 6.45) is 1.16. The quantitative estimate of drug-likeness (QED) is 0.666. The van der Waals surface area contributed by atoms with Gasteiger partial charge in [0.25, 0.3) is 0 Å². The van der Waals surface area contributed by atoms with Crippen molar-refractivity contribution in [3.05, 3.63) is 30.3 Å². The van der Waals surface area contributed by atoms with Crippen LogP contribution in [0, 0.1) is 5.92 Å². The van der Waals surface area contributed by atoms with E-state index in [1.807, 2.05) is 45.9 Å². The summed E-state index contributed by atoms with van der Waals surface area (Å²) < 4.78 is 5.44. The Hall–Kier alpha value is -1.39. The smallest absolute Gasteiger partial charge is 0.314 e. The fourth-order valence-electron chi connectivity index (χ4n) is 3.13. The fourth-order valence-corrected chi connectivity index (χ4v) is 3.13. The highest BCUT2D eigenvalue weighted by Gasteiger charge is 2.47. The second-order valence-electron chi connectivity index (χ2n) is 6.78. The van der Waals surface area contributed by atoms with Crippen molar-refractivity contribution in [3.8, 4) is 5.75 Å². The summed E-state index contributed by atoms with van der Waals surface area (Å²) in [6.45, 7) is 7.76. The van der Waals surface area contributed by atoms with Gasteiger partial charge in [-0.3, -0.25) is 4.79 Å². The van der Waals surface area contributed by atoms with Crippen LogP contribution < -0.4 is 4.74 Å². The zero-order valence-corrected chi connectivity index (χ0v) is 12.6. The molecule has 0 atom stereocenters. The molecule has 4 heteroatoms. The Morgan fingerprint density at radius 3 is 2.15 bits per heavy atom. The van der Waals surface area contributed by atoms with Crippen molar-refractivity contribution >= 4 is 5.97 Å². The first-order valence-electron chi connectivity index (χ1n) is 6.98. The first-order valence-corrected chi connectivity index (χ1v) is 6.98. The maximum Gasteiger partial charge on any atom is 0.314 e. The van der Waals surface area contributed by atoms with Crippen LogP contribution in [0.3, 0.4) is 0 Å². The molecule has 1 fully saturated rings. The van der Waals surface area contributed by atoms with Gasteiger partial charge in [0.2, 0.25) is 0 Å². The van der Waals surface area contributed by atoms with Crippen LogP contribution in [0.4, 0.5) is 0 Å². The van der Waals surface area contributed by atoms with E-state index < -0.39 is 11.1 Å². The molecule has 110 valence electrons. The molecule has 1 aliphatic heterocycles. The Bertz CT molecular complexity index is 464. The summed E-state index contributed by atoms with van der Waals surface area (Å²) in [4.78, 5) is 12.3. The van der Waals surface area contributed by atoms with Gasteiger partial charge in [0.05, 0.1) is 5.92 Å². The van der Waals surface area contributed by atoms with Gasteiger partial charge in [0.1, 0.15) is 5.75 Å². The van der Waals surface area contributed by atoms with Gasteiger partial charge in [0.15, 0.2) is 0 Å². The molecule has 0 bridgehead atoms. The number of carbonyl (C=O) groups is 1. The van der Waals surface area contributed by atoms with Crippen molar-refractivity contribution in [1.82, 2.24) is 5.06 Å². The van der Waals surface area contributed by atoms with Gasteiger partial charge in [-0.05, 0) is 52.7 Å². The van der Waals surface area contributed by atoms with E-state index in [1.54, 1.807) is 12.1 Å². The monoisotopic (exact) mass is 277 g/mol. The zero-order valence-electron chi connectivity index (χ0n) is 12.6. The second-order valence-corrected chi connectivity index (χ2v) is 6.78. The van der Waals surface area contributed by atoms with Crippen molar-refractivity contribution in [2.45, 2.75) is 51.6 Å². The Balaban J connectivity index is 2.11. The Labute approximate surface area is 120 Å². The van der Waals surface area contributed by atoms with Crippen molar-refractivity contribution in [3.63, 3.8) is 0 Å². The third-order valence-electron chi connectivity index (χ3n) is 3.93. The van der Waals surface area contributed by atoms with Gasteiger partial charge in [-0.2, -0.15) is 5.06 Å². The van der Waals surface area contributed by atoms with Gasteiger partial charge in [0, 0.05) is 11.1 Å². The first-order chi connectivity index (χ1) is 9.22. The van der Waals surface area contributed by atoms with Crippen molar-refractivity contribution in [2.24, 2.45) is 5.92 Å². The number of hydrogen-bond acceptors (Lipinski definition) is 4. The van der Waals surface area contributed by atoms with E-state index in [0.29, 0.717) is 18.6 Å². The highest BCUT2D eigenvalue weighted by atomic mass is 16.5. The van der Waals surface area contributed by atoms with Crippen LogP contribution in [-0.4, -0.2) is 27.3 Å². The van der Waals surface area contributed by atoms with Crippen LogP contribution in [0.1, 0.15) is 40.5 Å². The molecule has 0 radical (unpaired) electrons. The number of esters is 1. The number of piperidine rings is 1. The predicted molar refractivity (Wildman–Crippen MR) is 76.6 cm³/mol. The lowest BCUT2D eigenvalue weighted by Gasteiger charge is -2.50. The molecule has 1 aromatic carbocycles. The summed E-state index contributed by atoms with van der Waals surface area (Å²) in [5, 5.41) is 11.6. The lowest BCUT2D eigenvalue weighted by molar-refractivity contribution is -0.251. The number of para-hydroxylation sites is 1. The highest BCUT2D eigenvalue weighted by molar-refractivity contribution is 5.75. The van der Waals surface area contributed by atoms with Crippen LogP contribution in [0.25, 0.3) is 0 Å². The lowest BCUT2D eigenvalue weighted by Crippen LogP contribution is -2.60. The fraction of sp³-hybridized carbons (Fsp3) is 0.562. The largest absolute Gasteiger partial charge is 0.426 e. The van der Waals surface area contributed by atoms with Crippen molar-refractivity contribution in [2.75, 3.05) is 0 Å². The van der Waals surface area contributed by atoms with E-state index >= 15 is 0 Å². The predicted octanol–water partition coefficient (Wildman–Crippen LogP) is 3.25. The Kier molecular flexibility index (Phi) is 3.89. The molecule has 4 nitrogen and oxygen atoms in total. The normalized spacial score (nSPS) is 22.4. The van der Waals surface area contributed by atoms with E-state index in [4.69, 9.17) is 4.74 Å². The van der Waals surface area contributed by atoms with E-state index in [1.165, 1.54) is 5.06 Å². The topological polar surface area (TPSA) is 49.8 Å². The van der Waals surface area contributed by atoms with Gasteiger partial charge in [-0.25, -0.2) is 0 Å². The zero-order chi connectivity index (χ0) is 15.0.